The average Bonchev–Trinajstić information content (AvgIpc) is 3.07. The monoisotopic (exact) mass is 377 g/mol. The molecule has 0 bridgehead atoms. The van der Waals surface area contributed by atoms with Gasteiger partial charge in [0.05, 0.1) is 7.11 Å². The number of ether oxygens (including phenoxy) is 1. The first-order valence-corrected chi connectivity index (χ1v) is 10.3. The number of H-pyrrole nitrogens is 1. The number of fused-ring (bicyclic) bond motifs is 1. The molecule has 2 aliphatic carbocycles. The summed E-state index contributed by atoms with van der Waals surface area (Å²) >= 11 is 0. The topological polar surface area (TPSA) is 67.0 Å². The summed E-state index contributed by atoms with van der Waals surface area (Å²) in [5.41, 5.74) is 5.23. The number of nitrogens with one attached hydrogen (secondary N) is 2. The molecule has 28 heavy (non-hydrogen) atoms. The average molecular weight is 377 g/mol. The van der Waals surface area contributed by atoms with Crippen LogP contribution in [0.5, 0.6) is 5.75 Å². The highest BCUT2D eigenvalue weighted by Crippen LogP contribution is 2.54. The molecule has 0 amide bonds. The van der Waals surface area contributed by atoms with Crippen LogP contribution in [0.15, 0.2) is 35.5 Å². The van der Waals surface area contributed by atoms with Gasteiger partial charge in [-0.2, -0.15) is 5.10 Å². The first-order valence-electron chi connectivity index (χ1n) is 10.3. The maximum Gasteiger partial charge on any atom is 0.162 e. The number of Topliss-reactive ketones (excluding diaryl/α,β-unsaturated/α-hetero) is 1. The minimum atomic E-state index is -0.130. The number of hydrogen-bond donors (Lipinski definition) is 2. The third-order valence-corrected chi connectivity index (χ3v) is 6.92. The van der Waals surface area contributed by atoms with Gasteiger partial charge in [-0.25, -0.2) is 0 Å². The molecule has 5 heteroatoms. The molecule has 0 radical (unpaired) electrons. The van der Waals surface area contributed by atoms with E-state index in [2.05, 4.69) is 21.6 Å². The summed E-state index contributed by atoms with van der Waals surface area (Å²) in [6.07, 6.45) is 7.70. The Morgan fingerprint density at radius 1 is 1.14 bits per heavy atom. The fraction of sp³-hybridized carbons (Fsp3) is 0.478. The number of carbonyl (C=O) groups excluding carboxylic acids is 1. The van der Waals surface area contributed by atoms with Gasteiger partial charge in [-0.1, -0.05) is 37.5 Å². The van der Waals surface area contributed by atoms with Crippen LogP contribution < -0.4 is 10.1 Å². The van der Waals surface area contributed by atoms with Crippen molar-refractivity contribution in [1.29, 1.82) is 0 Å². The lowest BCUT2D eigenvalue weighted by Gasteiger charge is -2.44. The van der Waals surface area contributed by atoms with E-state index in [4.69, 9.17) is 4.74 Å². The Hall–Kier alpha value is -2.56. The third kappa shape index (κ3) is 2.60. The number of aromatic nitrogens is 2. The van der Waals surface area contributed by atoms with Gasteiger partial charge >= 0.3 is 0 Å². The van der Waals surface area contributed by atoms with E-state index < -0.39 is 0 Å². The van der Waals surface area contributed by atoms with Gasteiger partial charge in [-0.15, -0.1) is 0 Å². The number of ketones is 1. The Morgan fingerprint density at radius 2 is 1.93 bits per heavy atom. The van der Waals surface area contributed by atoms with E-state index in [1.54, 1.807) is 7.11 Å². The van der Waals surface area contributed by atoms with Crippen LogP contribution in [0.2, 0.25) is 0 Å². The molecule has 1 saturated carbocycles. The van der Waals surface area contributed by atoms with Crippen LogP contribution in [0.4, 0.5) is 5.82 Å². The highest BCUT2D eigenvalue weighted by Gasteiger charge is 2.46. The van der Waals surface area contributed by atoms with E-state index in [1.165, 1.54) is 19.3 Å². The number of para-hydroxylation sites is 1. The molecule has 1 aliphatic heterocycles. The largest absolute Gasteiger partial charge is 0.496 e. The van der Waals surface area contributed by atoms with Gasteiger partial charge in [0.15, 0.2) is 11.6 Å². The second kappa shape index (κ2) is 6.50. The number of anilines is 1. The Bertz CT molecular complexity index is 966. The van der Waals surface area contributed by atoms with Crippen LogP contribution in [0.3, 0.4) is 0 Å². The summed E-state index contributed by atoms with van der Waals surface area (Å²) in [5, 5.41) is 11.2. The molecule has 1 aromatic carbocycles. The number of rotatable bonds is 2. The lowest BCUT2D eigenvalue weighted by atomic mass is 9.62. The zero-order valence-electron chi connectivity index (χ0n) is 16.6. The van der Waals surface area contributed by atoms with E-state index in [9.17, 15) is 4.79 Å². The van der Waals surface area contributed by atoms with Gasteiger partial charge in [0, 0.05) is 40.4 Å². The van der Waals surface area contributed by atoms with Gasteiger partial charge in [0.1, 0.15) is 5.75 Å². The molecule has 2 heterocycles. The molecule has 5 nitrogen and oxygen atoms in total. The predicted molar refractivity (Wildman–Crippen MR) is 109 cm³/mol. The Morgan fingerprint density at radius 3 is 2.71 bits per heavy atom. The number of benzene rings is 1. The molecule has 5 rings (SSSR count). The van der Waals surface area contributed by atoms with Crippen molar-refractivity contribution < 1.29 is 9.53 Å². The Labute approximate surface area is 165 Å². The van der Waals surface area contributed by atoms with Crippen LogP contribution >= 0.6 is 0 Å². The van der Waals surface area contributed by atoms with Gasteiger partial charge in [-0.3, -0.25) is 9.89 Å². The summed E-state index contributed by atoms with van der Waals surface area (Å²) in [4.78, 5) is 13.6. The normalized spacial score (nSPS) is 23.2. The van der Waals surface area contributed by atoms with E-state index in [1.807, 2.05) is 25.1 Å². The van der Waals surface area contributed by atoms with Crippen molar-refractivity contribution in [3.05, 3.63) is 52.4 Å². The lowest BCUT2D eigenvalue weighted by Crippen LogP contribution is -2.38. The molecule has 1 unspecified atom stereocenters. The highest BCUT2D eigenvalue weighted by molar-refractivity contribution is 6.01. The van der Waals surface area contributed by atoms with Crippen molar-refractivity contribution in [3.63, 3.8) is 0 Å². The van der Waals surface area contributed by atoms with Crippen LogP contribution in [0.25, 0.3) is 0 Å². The molecule has 146 valence electrons. The van der Waals surface area contributed by atoms with E-state index in [0.29, 0.717) is 6.42 Å². The number of aryl methyl sites for hydroxylation is 1. The maximum absolute atomic E-state index is 13.6. The summed E-state index contributed by atoms with van der Waals surface area (Å²) in [7, 11) is 1.69. The smallest absolute Gasteiger partial charge is 0.162 e. The summed E-state index contributed by atoms with van der Waals surface area (Å²) in [6.45, 7) is 2.03. The van der Waals surface area contributed by atoms with E-state index >= 15 is 0 Å². The molecule has 1 spiro atoms. The minimum Gasteiger partial charge on any atom is -0.496 e. The molecule has 1 atom stereocenters. The zero-order chi connectivity index (χ0) is 19.3. The molecule has 2 aromatic rings. The van der Waals surface area contributed by atoms with Crippen LogP contribution in [0, 0.1) is 12.3 Å². The molecule has 0 saturated heterocycles. The number of aromatic amines is 1. The van der Waals surface area contributed by atoms with E-state index in [0.717, 1.165) is 58.9 Å². The van der Waals surface area contributed by atoms with Crippen molar-refractivity contribution in [2.24, 2.45) is 5.41 Å². The predicted octanol–water partition coefficient (Wildman–Crippen LogP) is 4.85. The van der Waals surface area contributed by atoms with E-state index in [-0.39, 0.29) is 17.1 Å². The highest BCUT2D eigenvalue weighted by atomic mass is 16.5. The van der Waals surface area contributed by atoms with Crippen molar-refractivity contribution in [2.45, 2.75) is 57.8 Å². The van der Waals surface area contributed by atoms with Crippen LogP contribution in [-0.2, 0) is 4.79 Å². The number of nitrogens with zero attached hydrogens (tertiary/aromatic N) is 1. The Balaban J connectivity index is 1.68. The summed E-state index contributed by atoms with van der Waals surface area (Å²) in [6, 6.07) is 8.04. The first kappa shape index (κ1) is 17.5. The second-order valence-corrected chi connectivity index (χ2v) is 8.64. The van der Waals surface area contributed by atoms with Crippen molar-refractivity contribution in [1.82, 2.24) is 10.2 Å². The van der Waals surface area contributed by atoms with Gasteiger partial charge in [0.25, 0.3) is 0 Å². The second-order valence-electron chi connectivity index (χ2n) is 8.64. The molecule has 1 aromatic heterocycles. The summed E-state index contributed by atoms with van der Waals surface area (Å²) in [5.74, 6) is 1.83. The quantitative estimate of drug-likeness (QED) is 0.785. The standard InChI is InChI=1S/C23H27N3O2/c1-14-19-20(15-8-4-5-9-18(15)28-2)21-16(24-22(19)26-25-14)12-23(13-17(21)27)10-6-3-7-11-23/h4-5,8-9,20H,3,6-7,10-13H2,1-2H3,(H2,24,25,26). The Kier molecular flexibility index (Phi) is 4.07. The molecule has 1 fully saturated rings. The maximum atomic E-state index is 13.6. The lowest BCUT2D eigenvalue weighted by molar-refractivity contribution is -0.119. The van der Waals surface area contributed by atoms with Gasteiger partial charge in [0.2, 0.25) is 0 Å². The number of allylic oxidation sites excluding steroid dienone is 2. The van der Waals surface area contributed by atoms with Gasteiger partial charge in [-0.05, 0) is 37.7 Å². The SMILES string of the molecule is COc1ccccc1C1C2=C(CC3(CCCCC3)CC2=O)Nc2n[nH]c(C)c21. The van der Waals surface area contributed by atoms with Crippen LogP contribution in [-0.4, -0.2) is 23.1 Å². The molecular weight excluding hydrogens is 350 g/mol. The fourth-order valence-electron chi connectivity index (χ4n) is 5.63. The van der Waals surface area contributed by atoms with Crippen molar-refractivity contribution in [2.75, 3.05) is 12.4 Å². The first-order chi connectivity index (χ1) is 13.6. The molecular formula is C23H27N3O2. The number of carbonyl (C=O) groups is 1. The molecule has 3 aliphatic rings. The molecule has 2 N–H and O–H groups in total. The summed E-state index contributed by atoms with van der Waals surface area (Å²) < 4.78 is 5.67. The van der Waals surface area contributed by atoms with Gasteiger partial charge < -0.3 is 10.1 Å². The number of hydrogen-bond acceptors (Lipinski definition) is 4. The third-order valence-electron chi connectivity index (χ3n) is 6.92. The van der Waals surface area contributed by atoms with Crippen LogP contribution in [0.1, 0.15) is 67.7 Å². The zero-order valence-corrected chi connectivity index (χ0v) is 16.6. The fourth-order valence-corrected chi connectivity index (χ4v) is 5.63. The minimum absolute atomic E-state index is 0.130. The van der Waals surface area contributed by atoms with Crippen molar-refractivity contribution >= 4 is 11.6 Å². The van der Waals surface area contributed by atoms with Crippen molar-refractivity contribution in [3.8, 4) is 5.75 Å². The number of methoxy groups -OCH3 is 1.